The Bertz CT molecular complexity index is 468. The monoisotopic (exact) mass is 238 g/mol. The molecule has 0 aromatic carbocycles. The summed E-state index contributed by atoms with van der Waals surface area (Å²) >= 11 is 5.73. The quantitative estimate of drug-likeness (QED) is 0.887. The maximum atomic E-state index is 5.78. The van der Waals surface area contributed by atoms with Crippen molar-refractivity contribution < 1.29 is 4.52 Å². The molecular weight excluding hydrogens is 228 g/mol. The molecule has 0 bridgehead atoms. The van der Waals surface area contributed by atoms with Crippen LogP contribution in [-0.2, 0) is 0 Å². The number of hydrogen-bond donors (Lipinski definition) is 1. The molecule has 1 unspecified atom stereocenters. The van der Waals surface area contributed by atoms with E-state index in [9.17, 15) is 0 Å². The van der Waals surface area contributed by atoms with Gasteiger partial charge in [0.15, 0.2) is 5.82 Å². The highest BCUT2D eigenvalue weighted by molar-refractivity contribution is 6.30. The van der Waals surface area contributed by atoms with Crippen LogP contribution < -0.4 is 5.73 Å². The van der Waals surface area contributed by atoms with Crippen molar-refractivity contribution in [3.05, 3.63) is 29.2 Å². The molecule has 0 amide bonds. The van der Waals surface area contributed by atoms with E-state index in [1.54, 1.807) is 12.1 Å². The molecule has 0 saturated carbocycles. The number of aromatic nitrogens is 3. The van der Waals surface area contributed by atoms with Crippen LogP contribution in [-0.4, -0.2) is 15.1 Å². The summed E-state index contributed by atoms with van der Waals surface area (Å²) in [5.74, 6) is 0.852. The molecule has 0 aliphatic rings. The molecule has 0 fully saturated rings. The van der Waals surface area contributed by atoms with Crippen molar-refractivity contribution in [1.82, 2.24) is 15.1 Å². The van der Waals surface area contributed by atoms with Crippen LogP contribution in [0.15, 0.2) is 22.9 Å². The van der Waals surface area contributed by atoms with Gasteiger partial charge in [0.1, 0.15) is 5.69 Å². The van der Waals surface area contributed by atoms with Crippen molar-refractivity contribution in [2.75, 3.05) is 0 Å². The lowest BCUT2D eigenvalue weighted by Crippen LogP contribution is -2.10. The van der Waals surface area contributed by atoms with E-state index in [1.165, 1.54) is 6.20 Å². The summed E-state index contributed by atoms with van der Waals surface area (Å²) in [7, 11) is 0. The van der Waals surface area contributed by atoms with Crippen LogP contribution in [0.1, 0.15) is 25.2 Å². The average Bonchev–Trinajstić information content (AvgIpc) is 2.78. The van der Waals surface area contributed by atoms with Crippen LogP contribution >= 0.6 is 11.6 Å². The van der Waals surface area contributed by atoms with Crippen LogP contribution in [0, 0.1) is 0 Å². The highest BCUT2D eigenvalue weighted by atomic mass is 35.5. The summed E-state index contributed by atoms with van der Waals surface area (Å²) in [5.41, 5.74) is 6.37. The third-order valence-electron chi connectivity index (χ3n) is 2.16. The zero-order valence-electron chi connectivity index (χ0n) is 8.72. The second kappa shape index (κ2) is 4.59. The fourth-order valence-corrected chi connectivity index (χ4v) is 1.29. The molecule has 2 N–H and O–H groups in total. The predicted molar refractivity (Wildman–Crippen MR) is 59.8 cm³/mol. The SMILES string of the molecule is CCC(N)c1noc(-c2ccc(Cl)cn2)n1. The minimum atomic E-state index is -0.204. The van der Waals surface area contributed by atoms with Gasteiger partial charge in [-0.05, 0) is 18.6 Å². The Kier molecular flexibility index (Phi) is 3.17. The van der Waals surface area contributed by atoms with Crippen LogP contribution in [0.5, 0.6) is 0 Å². The Morgan fingerprint density at radius 1 is 1.50 bits per heavy atom. The van der Waals surface area contributed by atoms with Gasteiger partial charge in [0, 0.05) is 6.20 Å². The van der Waals surface area contributed by atoms with Gasteiger partial charge in [0.05, 0.1) is 11.1 Å². The topological polar surface area (TPSA) is 77.8 Å². The molecule has 0 spiro atoms. The van der Waals surface area contributed by atoms with Crippen molar-refractivity contribution in [2.45, 2.75) is 19.4 Å². The number of pyridine rings is 1. The van der Waals surface area contributed by atoms with E-state index in [1.807, 2.05) is 6.92 Å². The fraction of sp³-hybridized carbons (Fsp3) is 0.300. The standard InChI is InChI=1S/C10H11ClN4O/c1-2-7(12)9-14-10(16-15-9)8-4-3-6(11)5-13-8/h3-5,7H,2,12H2,1H3. The molecule has 0 saturated heterocycles. The average molecular weight is 239 g/mol. The molecule has 5 nitrogen and oxygen atoms in total. The first-order valence-electron chi connectivity index (χ1n) is 4.92. The first-order valence-corrected chi connectivity index (χ1v) is 5.29. The van der Waals surface area contributed by atoms with Gasteiger partial charge in [0.25, 0.3) is 5.89 Å². The highest BCUT2D eigenvalue weighted by Crippen LogP contribution is 2.18. The lowest BCUT2D eigenvalue weighted by molar-refractivity contribution is 0.414. The second-order valence-electron chi connectivity index (χ2n) is 3.33. The molecular formula is C10H11ClN4O. The molecule has 6 heteroatoms. The van der Waals surface area contributed by atoms with Crippen molar-refractivity contribution in [2.24, 2.45) is 5.73 Å². The molecule has 2 aromatic rings. The Hall–Kier alpha value is -1.46. The van der Waals surface area contributed by atoms with Gasteiger partial charge < -0.3 is 10.3 Å². The maximum Gasteiger partial charge on any atom is 0.276 e. The van der Waals surface area contributed by atoms with Gasteiger partial charge >= 0.3 is 0 Å². The fourth-order valence-electron chi connectivity index (χ4n) is 1.17. The Morgan fingerprint density at radius 2 is 2.31 bits per heavy atom. The lowest BCUT2D eigenvalue weighted by atomic mass is 10.2. The van der Waals surface area contributed by atoms with Gasteiger partial charge in [-0.1, -0.05) is 23.7 Å². The van der Waals surface area contributed by atoms with E-state index in [0.29, 0.717) is 22.4 Å². The summed E-state index contributed by atoms with van der Waals surface area (Å²) in [6.07, 6.45) is 2.29. The molecule has 0 aliphatic heterocycles. The van der Waals surface area contributed by atoms with Gasteiger partial charge in [-0.3, -0.25) is 0 Å². The third kappa shape index (κ3) is 2.20. The molecule has 2 aromatic heterocycles. The first-order chi connectivity index (χ1) is 7.70. The highest BCUT2D eigenvalue weighted by Gasteiger charge is 2.14. The smallest absolute Gasteiger partial charge is 0.276 e. The first kappa shape index (κ1) is 11.0. The predicted octanol–water partition coefficient (Wildman–Crippen LogP) is 2.19. The zero-order valence-corrected chi connectivity index (χ0v) is 9.48. The Labute approximate surface area is 97.6 Å². The van der Waals surface area contributed by atoms with Gasteiger partial charge in [-0.25, -0.2) is 4.98 Å². The van der Waals surface area contributed by atoms with E-state index in [0.717, 1.165) is 6.42 Å². The van der Waals surface area contributed by atoms with E-state index < -0.39 is 0 Å². The van der Waals surface area contributed by atoms with Gasteiger partial charge in [-0.2, -0.15) is 4.98 Å². The minimum absolute atomic E-state index is 0.204. The van der Waals surface area contributed by atoms with Crippen molar-refractivity contribution in [1.29, 1.82) is 0 Å². The summed E-state index contributed by atoms with van der Waals surface area (Å²) in [4.78, 5) is 8.25. The number of halogens is 1. The number of hydrogen-bond acceptors (Lipinski definition) is 5. The van der Waals surface area contributed by atoms with E-state index in [4.69, 9.17) is 21.9 Å². The van der Waals surface area contributed by atoms with E-state index in [2.05, 4.69) is 15.1 Å². The van der Waals surface area contributed by atoms with Crippen molar-refractivity contribution in [3.63, 3.8) is 0 Å². The number of nitrogens with zero attached hydrogens (tertiary/aromatic N) is 3. The largest absolute Gasteiger partial charge is 0.332 e. The summed E-state index contributed by atoms with van der Waals surface area (Å²) in [5, 5.41) is 4.37. The van der Waals surface area contributed by atoms with Crippen LogP contribution in [0.3, 0.4) is 0 Å². The Morgan fingerprint density at radius 3 is 2.94 bits per heavy atom. The van der Waals surface area contributed by atoms with Crippen molar-refractivity contribution >= 4 is 11.6 Å². The molecule has 0 radical (unpaired) electrons. The maximum absolute atomic E-state index is 5.78. The molecule has 2 heterocycles. The third-order valence-corrected chi connectivity index (χ3v) is 2.38. The molecule has 2 rings (SSSR count). The number of rotatable bonds is 3. The van der Waals surface area contributed by atoms with Gasteiger partial charge in [-0.15, -0.1) is 0 Å². The minimum Gasteiger partial charge on any atom is -0.332 e. The summed E-state index contributed by atoms with van der Waals surface area (Å²) in [6, 6.07) is 3.23. The zero-order chi connectivity index (χ0) is 11.5. The van der Waals surface area contributed by atoms with Crippen LogP contribution in [0.2, 0.25) is 5.02 Å². The molecule has 0 aliphatic carbocycles. The van der Waals surface area contributed by atoms with Gasteiger partial charge in [0.2, 0.25) is 0 Å². The lowest BCUT2D eigenvalue weighted by Gasteiger charge is -1.99. The molecule has 16 heavy (non-hydrogen) atoms. The van der Waals surface area contributed by atoms with Crippen molar-refractivity contribution in [3.8, 4) is 11.6 Å². The van der Waals surface area contributed by atoms with E-state index in [-0.39, 0.29) is 6.04 Å². The second-order valence-corrected chi connectivity index (χ2v) is 3.77. The molecule has 1 atom stereocenters. The van der Waals surface area contributed by atoms with Crippen LogP contribution in [0.25, 0.3) is 11.6 Å². The Balaban J connectivity index is 2.28. The molecule has 84 valence electrons. The van der Waals surface area contributed by atoms with E-state index >= 15 is 0 Å². The number of nitrogens with two attached hydrogens (primary N) is 1. The summed E-state index contributed by atoms with van der Waals surface area (Å²) in [6.45, 7) is 1.96. The van der Waals surface area contributed by atoms with Crippen LogP contribution in [0.4, 0.5) is 0 Å². The normalized spacial score (nSPS) is 12.7. The summed E-state index contributed by atoms with van der Waals surface area (Å²) < 4.78 is 5.07.